The van der Waals surface area contributed by atoms with Crippen molar-refractivity contribution < 1.29 is 4.79 Å². The van der Waals surface area contributed by atoms with E-state index in [1.54, 1.807) is 12.1 Å². The summed E-state index contributed by atoms with van der Waals surface area (Å²) in [6, 6.07) is 23.8. The zero-order chi connectivity index (χ0) is 26.2. The molecule has 6 rings (SSSR count). The molecule has 192 valence electrons. The van der Waals surface area contributed by atoms with Crippen molar-refractivity contribution >= 4 is 34.5 Å². The van der Waals surface area contributed by atoms with Crippen molar-refractivity contribution in [2.24, 2.45) is 0 Å². The van der Waals surface area contributed by atoms with Gasteiger partial charge >= 0.3 is 0 Å². The zero-order valence-corrected chi connectivity index (χ0v) is 22.3. The van der Waals surface area contributed by atoms with Crippen molar-refractivity contribution in [2.45, 2.75) is 46.2 Å². The lowest BCUT2D eigenvalue weighted by molar-refractivity contribution is 0.102. The molecule has 0 saturated heterocycles. The van der Waals surface area contributed by atoms with Gasteiger partial charge in [0.15, 0.2) is 5.82 Å². The zero-order valence-electron chi connectivity index (χ0n) is 21.6. The number of nitrogens with one attached hydrogen (secondary N) is 2. The topological polar surface area (TPSA) is 63.4 Å². The molecular formula is C31H30ClN5O. The van der Waals surface area contributed by atoms with Crippen LogP contribution in [0.4, 0.5) is 11.4 Å². The highest BCUT2D eigenvalue weighted by atomic mass is 35.5. The second-order valence-corrected chi connectivity index (χ2v) is 10.4. The lowest BCUT2D eigenvalue weighted by Crippen LogP contribution is -2.16. The molecule has 6 nitrogen and oxygen atoms in total. The fourth-order valence-corrected chi connectivity index (χ4v) is 5.54. The maximum atomic E-state index is 13.9. The van der Waals surface area contributed by atoms with E-state index in [4.69, 9.17) is 16.7 Å². The maximum Gasteiger partial charge on any atom is 0.275 e. The minimum Gasteiger partial charge on any atom is -0.378 e. The summed E-state index contributed by atoms with van der Waals surface area (Å²) in [4.78, 5) is 13.9. The van der Waals surface area contributed by atoms with Gasteiger partial charge in [0.25, 0.3) is 5.91 Å². The first-order valence-electron chi connectivity index (χ1n) is 13.1. The molecule has 38 heavy (non-hydrogen) atoms. The number of carbonyl (C=O) groups excluding carboxylic acids is 1. The van der Waals surface area contributed by atoms with Crippen LogP contribution in [0.5, 0.6) is 0 Å². The van der Waals surface area contributed by atoms with E-state index in [1.165, 1.54) is 16.7 Å². The van der Waals surface area contributed by atoms with Gasteiger partial charge in [0.05, 0.1) is 6.54 Å². The minimum absolute atomic E-state index is 0.203. The number of benzene rings is 3. The molecule has 0 spiro atoms. The molecule has 1 aliphatic rings. The van der Waals surface area contributed by atoms with Crippen LogP contribution < -0.4 is 10.6 Å². The number of aromatic nitrogens is 3. The number of halogens is 1. The monoisotopic (exact) mass is 523 g/mol. The second-order valence-electron chi connectivity index (χ2n) is 9.95. The Morgan fingerprint density at radius 3 is 2.58 bits per heavy atom. The van der Waals surface area contributed by atoms with Crippen LogP contribution in [0.25, 0.3) is 16.8 Å². The van der Waals surface area contributed by atoms with E-state index < -0.39 is 0 Å². The Bertz CT molecular complexity index is 1650. The highest BCUT2D eigenvalue weighted by Gasteiger charge is 2.30. The Morgan fingerprint density at radius 1 is 0.947 bits per heavy atom. The molecule has 3 aromatic carbocycles. The lowest BCUT2D eigenvalue weighted by atomic mass is 9.98. The molecule has 0 saturated carbocycles. The first-order chi connectivity index (χ1) is 18.5. The molecule has 3 heterocycles. The van der Waals surface area contributed by atoms with Crippen LogP contribution in [0.3, 0.4) is 0 Å². The SMILES string of the molecule is Cc1ccc(NCc2nn3c(C(=O)Nc4cccc(Cl)c4)c(-c4ccccc4)c4c3n2CCCC4)cc1C. The molecule has 0 bridgehead atoms. The Labute approximate surface area is 227 Å². The van der Waals surface area contributed by atoms with Gasteiger partial charge in [-0.1, -0.05) is 54.1 Å². The molecule has 2 aromatic heterocycles. The molecule has 0 radical (unpaired) electrons. The van der Waals surface area contributed by atoms with E-state index >= 15 is 0 Å². The van der Waals surface area contributed by atoms with Gasteiger partial charge in [0, 0.05) is 34.1 Å². The smallest absolute Gasteiger partial charge is 0.275 e. The van der Waals surface area contributed by atoms with Crippen molar-refractivity contribution in [3.8, 4) is 11.1 Å². The number of hydrogen-bond donors (Lipinski definition) is 2. The van der Waals surface area contributed by atoms with Gasteiger partial charge in [-0.3, -0.25) is 4.79 Å². The molecule has 0 atom stereocenters. The van der Waals surface area contributed by atoms with Crippen molar-refractivity contribution in [1.82, 2.24) is 14.2 Å². The summed E-state index contributed by atoms with van der Waals surface area (Å²) in [5, 5.41) is 12.2. The van der Waals surface area contributed by atoms with Crippen LogP contribution in [-0.2, 0) is 19.5 Å². The maximum absolute atomic E-state index is 13.9. The fourth-order valence-electron chi connectivity index (χ4n) is 5.35. The Balaban J connectivity index is 1.47. The minimum atomic E-state index is -0.203. The molecule has 0 aliphatic carbocycles. The van der Waals surface area contributed by atoms with Crippen molar-refractivity contribution in [3.05, 3.63) is 106 Å². The van der Waals surface area contributed by atoms with Gasteiger partial charge in [-0.2, -0.15) is 5.10 Å². The highest BCUT2D eigenvalue weighted by Crippen LogP contribution is 2.37. The van der Waals surface area contributed by atoms with Crippen LogP contribution in [0.2, 0.25) is 5.02 Å². The van der Waals surface area contributed by atoms with Crippen LogP contribution in [0.15, 0.2) is 72.8 Å². The number of nitrogens with zero attached hydrogens (tertiary/aromatic N) is 3. The summed E-state index contributed by atoms with van der Waals surface area (Å²) in [7, 11) is 0. The summed E-state index contributed by atoms with van der Waals surface area (Å²) in [6.45, 7) is 5.68. The Kier molecular flexibility index (Phi) is 6.42. The van der Waals surface area contributed by atoms with E-state index in [9.17, 15) is 4.79 Å². The van der Waals surface area contributed by atoms with Crippen LogP contribution in [0.1, 0.15) is 45.8 Å². The van der Waals surface area contributed by atoms with Gasteiger partial charge in [-0.05, 0) is 80.1 Å². The number of anilines is 2. The van der Waals surface area contributed by atoms with Gasteiger partial charge in [0.1, 0.15) is 11.3 Å². The first kappa shape index (κ1) is 24.3. The van der Waals surface area contributed by atoms with E-state index in [0.29, 0.717) is 22.9 Å². The van der Waals surface area contributed by atoms with Gasteiger partial charge in [0.2, 0.25) is 0 Å². The normalized spacial score (nSPS) is 12.9. The van der Waals surface area contributed by atoms with Gasteiger partial charge in [-0.25, -0.2) is 4.52 Å². The summed E-state index contributed by atoms with van der Waals surface area (Å²) in [6.07, 6.45) is 3.02. The number of rotatable bonds is 6. The lowest BCUT2D eigenvalue weighted by Gasteiger charge is -2.11. The summed E-state index contributed by atoms with van der Waals surface area (Å²) in [5.74, 6) is 0.712. The molecular weight excluding hydrogens is 494 g/mol. The molecule has 7 heteroatoms. The predicted octanol–water partition coefficient (Wildman–Crippen LogP) is 7.27. The van der Waals surface area contributed by atoms with Gasteiger partial charge < -0.3 is 15.2 Å². The number of hydrogen-bond acceptors (Lipinski definition) is 3. The van der Waals surface area contributed by atoms with Crippen molar-refractivity contribution in [2.75, 3.05) is 10.6 Å². The molecule has 0 unspecified atom stereocenters. The number of amides is 1. The molecule has 5 aromatic rings. The third-order valence-electron chi connectivity index (χ3n) is 7.38. The molecule has 1 aliphatic heterocycles. The van der Waals surface area contributed by atoms with Crippen LogP contribution in [0, 0.1) is 13.8 Å². The highest BCUT2D eigenvalue weighted by molar-refractivity contribution is 6.31. The second kappa shape index (κ2) is 10.0. The van der Waals surface area contributed by atoms with E-state index in [2.05, 4.69) is 59.4 Å². The molecule has 1 amide bonds. The van der Waals surface area contributed by atoms with Crippen molar-refractivity contribution in [1.29, 1.82) is 0 Å². The summed E-state index contributed by atoms with van der Waals surface area (Å²) < 4.78 is 4.15. The summed E-state index contributed by atoms with van der Waals surface area (Å²) >= 11 is 6.20. The summed E-state index contributed by atoms with van der Waals surface area (Å²) in [5.41, 5.74) is 8.94. The predicted molar refractivity (Wildman–Crippen MR) is 154 cm³/mol. The third-order valence-corrected chi connectivity index (χ3v) is 7.61. The molecule has 2 N–H and O–H groups in total. The van der Waals surface area contributed by atoms with Crippen LogP contribution >= 0.6 is 11.6 Å². The quantitative estimate of drug-likeness (QED) is 0.246. The first-order valence-corrected chi connectivity index (χ1v) is 13.4. The Morgan fingerprint density at radius 2 is 1.79 bits per heavy atom. The number of aryl methyl sites for hydroxylation is 4. The van der Waals surface area contributed by atoms with E-state index in [0.717, 1.165) is 54.1 Å². The number of carbonyl (C=O) groups is 1. The van der Waals surface area contributed by atoms with E-state index in [1.807, 2.05) is 34.8 Å². The average molecular weight is 524 g/mol. The van der Waals surface area contributed by atoms with Gasteiger partial charge in [-0.15, -0.1) is 0 Å². The standard InChI is InChI=1S/C31H30ClN5O/c1-20-14-15-24(17-21(20)2)33-19-27-35-37-29(30(38)34-25-12-8-11-23(32)18-25)28(22-9-4-3-5-10-22)26-13-6-7-16-36(27)31(26)37/h3-5,8-12,14-15,17-18,33H,6-7,13,16,19H2,1-2H3,(H,34,38). The van der Waals surface area contributed by atoms with E-state index in [-0.39, 0.29) is 5.91 Å². The van der Waals surface area contributed by atoms with Crippen LogP contribution in [-0.4, -0.2) is 20.1 Å². The third kappa shape index (κ3) is 4.45. The van der Waals surface area contributed by atoms with Crippen molar-refractivity contribution in [3.63, 3.8) is 0 Å². The Hall–Kier alpha value is -4.03. The molecule has 0 fully saturated rings. The average Bonchev–Trinajstić information content (AvgIpc) is 3.31. The largest absolute Gasteiger partial charge is 0.378 e. The fraction of sp³-hybridized carbons (Fsp3) is 0.226.